The van der Waals surface area contributed by atoms with Gasteiger partial charge < -0.3 is 5.32 Å². The molecule has 0 spiro atoms. The molecule has 1 N–H and O–H groups in total. The van der Waals surface area contributed by atoms with Crippen LogP contribution in [-0.4, -0.2) is 12.7 Å². The molecule has 2 nitrogen and oxygen atoms in total. The molecule has 0 aliphatic heterocycles. The second kappa shape index (κ2) is 6.64. The van der Waals surface area contributed by atoms with Gasteiger partial charge in [-0.2, -0.15) is 18.4 Å². The van der Waals surface area contributed by atoms with Crippen molar-refractivity contribution in [2.75, 3.05) is 11.9 Å². The van der Waals surface area contributed by atoms with Crippen LogP contribution in [0.5, 0.6) is 0 Å². The van der Waals surface area contributed by atoms with Crippen molar-refractivity contribution in [2.24, 2.45) is 0 Å². The molecule has 0 aliphatic rings. The SMILES string of the molecule is N#Cc1cc(Br)cc(NCCCCC(F)(F)F)c1. The summed E-state index contributed by atoms with van der Waals surface area (Å²) in [6.07, 6.45) is -4.29. The number of rotatable bonds is 5. The molecule has 0 aromatic heterocycles. The van der Waals surface area contributed by atoms with E-state index in [4.69, 9.17) is 5.26 Å². The molecule has 1 aromatic carbocycles. The molecule has 1 rings (SSSR count). The fourth-order valence-electron chi connectivity index (χ4n) is 1.44. The van der Waals surface area contributed by atoms with Crippen LogP contribution in [0.2, 0.25) is 0 Å². The van der Waals surface area contributed by atoms with Gasteiger partial charge in [0.2, 0.25) is 0 Å². The number of anilines is 1. The Morgan fingerprint density at radius 1 is 1.22 bits per heavy atom. The molecule has 18 heavy (non-hydrogen) atoms. The summed E-state index contributed by atoms with van der Waals surface area (Å²) < 4.78 is 36.4. The lowest BCUT2D eigenvalue weighted by molar-refractivity contribution is -0.135. The Labute approximate surface area is 112 Å². The van der Waals surface area contributed by atoms with E-state index in [0.29, 0.717) is 18.5 Å². The lowest BCUT2D eigenvalue weighted by atomic mass is 10.2. The van der Waals surface area contributed by atoms with Gasteiger partial charge in [-0.25, -0.2) is 0 Å². The van der Waals surface area contributed by atoms with Crippen LogP contribution in [0, 0.1) is 11.3 Å². The molecule has 0 fully saturated rings. The Bertz CT molecular complexity index is 438. The molecule has 0 saturated carbocycles. The van der Waals surface area contributed by atoms with E-state index >= 15 is 0 Å². The molecule has 0 atom stereocenters. The minimum absolute atomic E-state index is 0.107. The molecule has 1 aromatic rings. The number of nitriles is 1. The van der Waals surface area contributed by atoms with Crippen molar-refractivity contribution in [3.05, 3.63) is 28.2 Å². The van der Waals surface area contributed by atoms with Crippen LogP contribution in [0.1, 0.15) is 24.8 Å². The molecule has 0 radical (unpaired) electrons. The van der Waals surface area contributed by atoms with E-state index < -0.39 is 12.6 Å². The molecule has 0 aliphatic carbocycles. The molecule has 0 bridgehead atoms. The Morgan fingerprint density at radius 2 is 1.94 bits per heavy atom. The number of benzene rings is 1. The van der Waals surface area contributed by atoms with Gasteiger partial charge in [0.15, 0.2) is 0 Å². The van der Waals surface area contributed by atoms with E-state index in [-0.39, 0.29) is 6.42 Å². The van der Waals surface area contributed by atoms with Crippen LogP contribution in [-0.2, 0) is 0 Å². The lowest BCUT2D eigenvalue weighted by Crippen LogP contribution is -2.08. The van der Waals surface area contributed by atoms with Crippen molar-refractivity contribution >= 4 is 21.6 Å². The van der Waals surface area contributed by atoms with Gasteiger partial charge in [0.25, 0.3) is 0 Å². The maximum absolute atomic E-state index is 11.9. The number of nitrogens with one attached hydrogen (secondary N) is 1. The van der Waals surface area contributed by atoms with E-state index in [1.165, 1.54) is 0 Å². The number of unbranched alkanes of at least 4 members (excludes halogenated alkanes) is 1. The van der Waals surface area contributed by atoms with Gasteiger partial charge >= 0.3 is 6.18 Å². The fraction of sp³-hybridized carbons (Fsp3) is 0.417. The zero-order chi connectivity index (χ0) is 13.6. The topological polar surface area (TPSA) is 35.8 Å². The summed E-state index contributed by atoms with van der Waals surface area (Å²) in [6, 6.07) is 7.13. The highest BCUT2D eigenvalue weighted by molar-refractivity contribution is 9.10. The first kappa shape index (κ1) is 14.8. The van der Waals surface area contributed by atoms with Gasteiger partial charge in [-0.1, -0.05) is 15.9 Å². The summed E-state index contributed by atoms with van der Waals surface area (Å²) in [6.45, 7) is 0.456. The van der Waals surface area contributed by atoms with Crippen molar-refractivity contribution in [3.63, 3.8) is 0 Å². The molecule has 0 unspecified atom stereocenters. The average Bonchev–Trinajstić information content (AvgIpc) is 2.26. The Hall–Kier alpha value is -1.22. The Balaban J connectivity index is 2.36. The van der Waals surface area contributed by atoms with Crippen LogP contribution >= 0.6 is 15.9 Å². The summed E-state index contributed by atoms with van der Waals surface area (Å²) in [4.78, 5) is 0. The van der Waals surface area contributed by atoms with Gasteiger partial charge in [0.1, 0.15) is 0 Å². The third kappa shape index (κ3) is 5.92. The quantitative estimate of drug-likeness (QED) is 0.813. The Kier molecular flexibility index (Phi) is 5.48. The van der Waals surface area contributed by atoms with E-state index in [0.717, 1.165) is 10.2 Å². The summed E-state index contributed by atoms with van der Waals surface area (Å²) >= 11 is 3.26. The predicted octanol–water partition coefficient (Wildman–Crippen LogP) is 4.47. The first-order valence-corrected chi connectivity index (χ1v) is 6.21. The summed E-state index contributed by atoms with van der Waals surface area (Å²) in [5.74, 6) is 0. The van der Waals surface area contributed by atoms with E-state index in [9.17, 15) is 13.2 Å². The van der Waals surface area contributed by atoms with Crippen LogP contribution in [0.15, 0.2) is 22.7 Å². The van der Waals surface area contributed by atoms with E-state index in [1.807, 2.05) is 6.07 Å². The van der Waals surface area contributed by atoms with Crippen molar-refractivity contribution in [3.8, 4) is 6.07 Å². The first-order valence-electron chi connectivity index (χ1n) is 5.42. The van der Waals surface area contributed by atoms with Crippen LogP contribution < -0.4 is 5.32 Å². The van der Waals surface area contributed by atoms with Gasteiger partial charge in [0, 0.05) is 23.1 Å². The fourth-order valence-corrected chi connectivity index (χ4v) is 1.93. The van der Waals surface area contributed by atoms with Gasteiger partial charge in [-0.05, 0) is 31.0 Å². The van der Waals surface area contributed by atoms with Crippen molar-refractivity contribution in [1.29, 1.82) is 5.26 Å². The molecular weight excluding hydrogens is 309 g/mol. The third-order valence-electron chi connectivity index (χ3n) is 2.24. The van der Waals surface area contributed by atoms with Gasteiger partial charge in [-0.15, -0.1) is 0 Å². The summed E-state index contributed by atoms with van der Waals surface area (Å²) in [5.41, 5.74) is 1.23. The Morgan fingerprint density at radius 3 is 2.56 bits per heavy atom. The highest BCUT2D eigenvalue weighted by Crippen LogP contribution is 2.22. The first-order chi connectivity index (χ1) is 8.40. The van der Waals surface area contributed by atoms with Crippen molar-refractivity contribution < 1.29 is 13.2 Å². The highest BCUT2D eigenvalue weighted by Gasteiger charge is 2.25. The van der Waals surface area contributed by atoms with Crippen LogP contribution in [0.3, 0.4) is 0 Å². The van der Waals surface area contributed by atoms with Crippen LogP contribution in [0.25, 0.3) is 0 Å². The number of halogens is 4. The van der Waals surface area contributed by atoms with Gasteiger partial charge in [0.05, 0.1) is 11.6 Å². The highest BCUT2D eigenvalue weighted by atomic mass is 79.9. The van der Waals surface area contributed by atoms with E-state index in [1.54, 1.807) is 18.2 Å². The standard InChI is InChI=1S/C12H12BrF3N2/c13-10-5-9(8-17)6-11(7-10)18-4-2-1-3-12(14,15)16/h5-7,18H,1-4H2. The zero-order valence-corrected chi connectivity index (χ0v) is 11.1. The minimum atomic E-state index is -4.08. The molecular formula is C12H12BrF3N2. The van der Waals surface area contributed by atoms with Crippen molar-refractivity contribution in [1.82, 2.24) is 0 Å². The zero-order valence-electron chi connectivity index (χ0n) is 9.52. The smallest absolute Gasteiger partial charge is 0.385 e. The second-order valence-corrected chi connectivity index (χ2v) is 4.76. The molecule has 6 heteroatoms. The predicted molar refractivity (Wildman–Crippen MR) is 67.3 cm³/mol. The maximum Gasteiger partial charge on any atom is 0.389 e. The number of hydrogen-bond acceptors (Lipinski definition) is 2. The van der Waals surface area contributed by atoms with Crippen molar-refractivity contribution in [2.45, 2.75) is 25.4 Å². The normalized spacial score (nSPS) is 11.1. The number of hydrogen-bond donors (Lipinski definition) is 1. The molecule has 98 valence electrons. The monoisotopic (exact) mass is 320 g/mol. The maximum atomic E-state index is 11.9. The van der Waals surface area contributed by atoms with Gasteiger partial charge in [-0.3, -0.25) is 0 Å². The lowest BCUT2D eigenvalue weighted by Gasteiger charge is -2.08. The largest absolute Gasteiger partial charge is 0.389 e. The molecule has 0 heterocycles. The summed E-state index contributed by atoms with van der Waals surface area (Å²) in [7, 11) is 0. The summed E-state index contributed by atoms with van der Waals surface area (Å²) in [5, 5.41) is 11.8. The molecule has 0 saturated heterocycles. The number of nitrogens with zero attached hydrogens (tertiary/aromatic N) is 1. The third-order valence-corrected chi connectivity index (χ3v) is 2.70. The number of alkyl halides is 3. The van der Waals surface area contributed by atoms with E-state index in [2.05, 4.69) is 21.2 Å². The average molecular weight is 321 g/mol. The minimum Gasteiger partial charge on any atom is -0.385 e. The van der Waals surface area contributed by atoms with Crippen LogP contribution in [0.4, 0.5) is 18.9 Å². The molecule has 0 amide bonds. The second-order valence-electron chi connectivity index (χ2n) is 3.84.